The molecule has 2 rings (SSSR count). The van der Waals surface area contributed by atoms with Gasteiger partial charge in [0.25, 0.3) is 0 Å². The predicted octanol–water partition coefficient (Wildman–Crippen LogP) is -1.10. The molecule has 2 aliphatic rings. The van der Waals surface area contributed by atoms with Gasteiger partial charge in [0.15, 0.2) is 0 Å². The van der Waals surface area contributed by atoms with Crippen molar-refractivity contribution in [3.05, 3.63) is 0 Å². The molecule has 0 aromatic carbocycles. The van der Waals surface area contributed by atoms with Gasteiger partial charge in [-0.15, -0.1) is 0 Å². The molecule has 0 aromatic heterocycles. The predicted molar refractivity (Wildman–Crippen MR) is 41.5 cm³/mol. The lowest BCUT2D eigenvalue weighted by atomic mass is 10.2. The molecule has 0 spiro atoms. The van der Waals surface area contributed by atoms with E-state index in [1.54, 1.807) is 0 Å². The standard InChI is InChI=1S/C7H11N3O2/c11-6-4-9-7(12)10(6)5-1-2-8-3-5/h5,8H,1-4H2,(H,9,12). The molecule has 2 N–H and O–H groups in total. The number of nitrogens with zero attached hydrogens (tertiary/aromatic N) is 1. The van der Waals surface area contributed by atoms with Crippen LogP contribution in [0.5, 0.6) is 0 Å². The molecular formula is C7H11N3O2. The molecule has 2 fully saturated rings. The first-order valence-electron chi connectivity index (χ1n) is 4.09. The quantitative estimate of drug-likeness (QED) is 0.490. The van der Waals surface area contributed by atoms with Crippen LogP contribution in [-0.2, 0) is 4.79 Å². The van der Waals surface area contributed by atoms with E-state index in [1.807, 2.05) is 0 Å². The van der Waals surface area contributed by atoms with Gasteiger partial charge in [-0.3, -0.25) is 9.69 Å². The first-order chi connectivity index (χ1) is 5.79. The van der Waals surface area contributed by atoms with Gasteiger partial charge >= 0.3 is 6.03 Å². The molecule has 2 heterocycles. The van der Waals surface area contributed by atoms with Crippen LogP contribution in [0, 0.1) is 0 Å². The second-order valence-corrected chi connectivity index (χ2v) is 3.07. The van der Waals surface area contributed by atoms with E-state index >= 15 is 0 Å². The zero-order valence-electron chi connectivity index (χ0n) is 6.67. The SMILES string of the molecule is O=C1CNC(=O)N1C1CCNC1. The first kappa shape index (κ1) is 7.54. The molecule has 1 atom stereocenters. The minimum absolute atomic E-state index is 0.0694. The highest BCUT2D eigenvalue weighted by Gasteiger charge is 2.35. The average molecular weight is 169 g/mol. The second-order valence-electron chi connectivity index (χ2n) is 3.07. The molecule has 2 aliphatic heterocycles. The van der Waals surface area contributed by atoms with E-state index in [1.165, 1.54) is 4.90 Å². The van der Waals surface area contributed by atoms with Gasteiger partial charge in [-0.1, -0.05) is 0 Å². The van der Waals surface area contributed by atoms with Crippen molar-refractivity contribution < 1.29 is 9.59 Å². The van der Waals surface area contributed by atoms with Gasteiger partial charge in [-0.2, -0.15) is 0 Å². The Hall–Kier alpha value is -1.10. The maximum atomic E-state index is 11.2. The molecule has 12 heavy (non-hydrogen) atoms. The number of imide groups is 1. The van der Waals surface area contributed by atoms with Crippen molar-refractivity contribution >= 4 is 11.9 Å². The van der Waals surface area contributed by atoms with Gasteiger partial charge in [0.1, 0.15) is 0 Å². The third kappa shape index (κ3) is 1.06. The number of urea groups is 1. The lowest BCUT2D eigenvalue weighted by Gasteiger charge is -2.18. The molecule has 1 unspecified atom stereocenters. The third-order valence-electron chi connectivity index (χ3n) is 2.28. The van der Waals surface area contributed by atoms with Gasteiger partial charge < -0.3 is 10.6 Å². The van der Waals surface area contributed by atoms with Crippen molar-refractivity contribution in [2.24, 2.45) is 0 Å². The van der Waals surface area contributed by atoms with Crippen molar-refractivity contribution in [1.29, 1.82) is 0 Å². The first-order valence-corrected chi connectivity index (χ1v) is 4.09. The van der Waals surface area contributed by atoms with E-state index in [4.69, 9.17) is 0 Å². The summed E-state index contributed by atoms with van der Waals surface area (Å²) in [5, 5.41) is 5.62. The number of hydrogen-bond acceptors (Lipinski definition) is 3. The van der Waals surface area contributed by atoms with Crippen molar-refractivity contribution in [3.63, 3.8) is 0 Å². The number of rotatable bonds is 1. The van der Waals surface area contributed by atoms with Gasteiger partial charge in [0.05, 0.1) is 12.6 Å². The van der Waals surface area contributed by atoms with Gasteiger partial charge in [-0.25, -0.2) is 4.79 Å². The number of carbonyl (C=O) groups excluding carboxylic acids is 2. The summed E-state index contributed by atoms with van der Waals surface area (Å²) in [7, 11) is 0. The Labute approximate surface area is 70.1 Å². The summed E-state index contributed by atoms with van der Waals surface area (Å²) in [4.78, 5) is 23.7. The van der Waals surface area contributed by atoms with Gasteiger partial charge in [0.2, 0.25) is 5.91 Å². The largest absolute Gasteiger partial charge is 0.329 e. The molecule has 2 saturated heterocycles. The molecule has 0 radical (unpaired) electrons. The number of amides is 3. The van der Waals surface area contributed by atoms with E-state index in [0.717, 1.165) is 19.5 Å². The van der Waals surface area contributed by atoms with Crippen LogP contribution in [0.3, 0.4) is 0 Å². The van der Waals surface area contributed by atoms with Crippen molar-refractivity contribution in [2.75, 3.05) is 19.6 Å². The zero-order chi connectivity index (χ0) is 8.55. The number of nitrogens with one attached hydrogen (secondary N) is 2. The zero-order valence-corrected chi connectivity index (χ0v) is 6.67. The molecule has 66 valence electrons. The summed E-state index contributed by atoms with van der Waals surface area (Å²) < 4.78 is 0. The highest BCUT2D eigenvalue weighted by molar-refractivity contribution is 6.02. The van der Waals surface area contributed by atoms with Gasteiger partial charge in [-0.05, 0) is 13.0 Å². The van der Waals surface area contributed by atoms with Crippen molar-refractivity contribution in [2.45, 2.75) is 12.5 Å². The Morgan fingerprint density at radius 1 is 1.42 bits per heavy atom. The minimum Gasteiger partial charge on any atom is -0.329 e. The topological polar surface area (TPSA) is 61.4 Å². The monoisotopic (exact) mass is 169 g/mol. The fourth-order valence-corrected chi connectivity index (χ4v) is 1.66. The Bertz CT molecular complexity index is 207. The lowest BCUT2D eigenvalue weighted by Crippen LogP contribution is -2.41. The highest BCUT2D eigenvalue weighted by atomic mass is 16.2. The number of hydrogen-bond donors (Lipinski definition) is 2. The summed E-state index contributed by atoms with van der Waals surface area (Å²) in [6, 6.07) is -0.173. The second kappa shape index (κ2) is 2.75. The van der Waals surface area contributed by atoms with E-state index < -0.39 is 0 Å². The Kier molecular flexibility index (Phi) is 1.73. The summed E-state index contributed by atoms with van der Waals surface area (Å²) in [6.45, 7) is 1.79. The Morgan fingerprint density at radius 3 is 2.75 bits per heavy atom. The van der Waals surface area contributed by atoms with Crippen LogP contribution in [0.2, 0.25) is 0 Å². The Morgan fingerprint density at radius 2 is 2.25 bits per heavy atom. The Balaban J connectivity index is 2.09. The molecule has 0 aliphatic carbocycles. The molecule has 5 nitrogen and oxygen atoms in total. The van der Waals surface area contributed by atoms with Crippen molar-refractivity contribution in [3.8, 4) is 0 Å². The molecule has 0 bridgehead atoms. The van der Waals surface area contributed by atoms with Crippen LogP contribution in [0.4, 0.5) is 4.79 Å². The van der Waals surface area contributed by atoms with E-state index in [-0.39, 0.29) is 24.5 Å². The smallest absolute Gasteiger partial charge is 0.324 e. The maximum absolute atomic E-state index is 11.2. The highest BCUT2D eigenvalue weighted by Crippen LogP contribution is 2.11. The molecule has 0 saturated carbocycles. The minimum atomic E-state index is -0.242. The van der Waals surface area contributed by atoms with Crippen LogP contribution in [0.1, 0.15) is 6.42 Å². The van der Waals surface area contributed by atoms with Crippen LogP contribution in [0.15, 0.2) is 0 Å². The summed E-state index contributed by atoms with van der Waals surface area (Å²) in [5.41, 5.74) is 0. The van der Waals surface area contributed by atoms with Gasteiger partial charge in [0, 0.05) is 6.54 Å². The van der Waals surface area contributed by atoms with Crippen molar-refractivity contribution in [1.82, 2.24) is 15.5 Å². The van der Waals surface area contributed by atoms with E-state index in [0.29, 0.717) is 0 Å². The lowest BCUT2D eigenvalue weighted by molar-refractivity contribution is -0.126. The number of carbonyl (C=O) groups is 2. The van der Waals surface area contributed by atoms with E-state index in [9.17, 15) is 9.59 Å². The summed E-state index contributed by atoms with van der Waals surface area (Å²) >= 11 is 0. The molecule has 5 heteroatoms. The van der Waals surface area contributed by atoms with Crippen LogP contribution >= 0.6 is 0 Å². The molecular weight excluding hydrogens is 158 g/mol. The fourth-order valence-electron chi connectivity index (χ4n) is 1.66. The maximum Gasteiger partial charge on any atom is 0.324 e. The van der Waals surface area contributed by atoms with Crippen LogP contribution in [0.25, 0.3) is 0 Å². The molecule has 3 amide bonds. The summed E-state index contributed by atoms with van der Waals surface area (Å²) in [6.07, 6.45) is 0.874. The van der Waals surface area contributed by atoms with E-state index in [2.05, 4.69) is 10.6 Å². The van der Waals surface area contributed by atoms with Crippen LogP contribution in [-0.4, -0.2) is 42.5 Å². The third-order valence-corrected chi connectivity index (χ3v) is 2.28. The summed E-state index contributed by atoms with van der Waals surface area (Å²) in [5.74, 6) is -0.103. The molecule has 0 aromatic rings. The fraction of sp³-hybridized carbons (Fsp3) is 0.714. The van der Waals surface area contributed by atoms with Crippen LogP contribution < -0.4 is 10.6 Å². The normalized spacial score (nSPS) is 29.7. The average Bonchev–Trinajstić information content (AvgIpc) is 2.61.